The highest BCUT2D eigenvalue weighted by atomic mass is 35.5. The van der Waals surface area contributed by atoms with Crippen molar-refractivity contribution in [2.75, 3.05) is 0 Å². The van der Waals surface area contributed by atoms with Gasteiger partial charge in [-0.15, -0.1) is 0 Å². The highest BCUT2D eigenvalue weighted by Crippen LogP contribution is 2.68. The van der Waals surface area contributed by atoms with Gasteiger partial charge in [0.15, 0.2) is 0 Å². The van der Waals surface area contributed by atoms with E-state index in [2.05, 4.69) is 27.7 Å². The maximum absolute atomic E-state index is 13.7. The first kappa shape index (κ1) is 13.5. The Morgan fingerprint density at radius 2 is 1.83 bits per heavy atom. The fourth-order valence-electron chi connectivity index (χ4n) is 2.98. The lowest BCUT2D eigenvalue weighted by Crippen LogP contribution is -2.11. The fraction of sp³-hybridized carbons (Fsp3) is 0.533. The number of carbonyl (C=O) groups is 1. The largest absolute Gasteiger partial charge is 0.299 e. The number of hydrogen-bond donors (Lipinski definition) is 0. The molecule has 2 rings (SSSR count). The molecule has 0 bridgehead atoms. The van der Waals surface area contributed by atoms with Crippen LogP contribution in [0.3, 0.4) is 0 Å². The van der Waals surface area contributed by atoms with E-state index in [0.717, 1.165) is 0 Å². The number of rotatable bonds is 3. The molecular formula is C15H18ClFO. The van der Waals surface area contributed by atoms with E-state index < -0.39 is 5.82 Å². The van der Waals surface area contributed by atoms with Crippen molar-refractivity contribution < 1.29 is 9.18 Å². The molecule has 1 saturated carbocycles. The third kappa shape index (κ3) is 1.87. The fourth-order valence-corrected chi connectivity index (χ4v) is 3.17. The van der Waals surface area contributed by atoms with Gasteiger partial charge in [-0.2, -0.15) is 0 Å². The Bertz CT molecular complexity index is 491. The molecule has 1 aromatic rings. The average Bonchev–Trinajstić information content (AvgIpc) is 2.65. The number of Topliss-reactive ketones (excluding diaryl/α,β-unsaturated/α-hetero) is 1. The molecule has 98 valence electrons. The zero-order valence-electron chi connectivity index (χ0n) is 11.2. The molecule has 1 fully saturated rings. The van der Waals surface area contributed by atoms with Gasteiger partial charge in [-0.05, 0) is 22.5 Å². The van der Waals surface area contributed by atoms with Gasteiger partial charge >= 0.3 is 0 Å². The maximum atomic E-state index is 13.7. The van der Waals surface area contributed by atoms with Crippen LogP contribution < -0.4 is 0 Å². The molecule has 0 radical (unpaired) electrons. The van der Waals surface area contributed by atoms with Gasteiger partial charge in [0.25, 0.3) is 0 Å². The van der Waals surface area contributed by atoms with Gasteiger partial charge in [0, 0.05) is 12.3 Å². The lowest BCUT2D eigenvalue weighted by molar-refractivity contribution is -0.120. The first-order valence-corrected chi connectivity index (χ1v) is 6.53. The molecular weight excluding hydrogens is 251 g/mol. The van der Waals surface area contributed by atoms with E-state index in [-0.39, 0.29) is 34.0 Å². The average molecular weight is 269 g/mol. The van der Waals surface area contributed by atoms with Crippen LogP contribution >= 0.6 is 11.6 Å². The van der Waals surface area contributed by atoms with Gasteiger partial charge in [-0.3, -0.25) is 4.79 Å². The number of benzene rings is 1. The van der Waals surface area contributed by atoms with Crippen molar-refractivity contribution in [3.8, 4) is 0 Å². The third-order valence-electron chi connectivity index (χ3n) is 4.74. The Kier molecular flexibility index (Phi) is 3.05. The van der Waals surface area contributed by atoms with E-state index >= 15 is 0 Å². The minimum Gasteiger partial charge on any atom is -0.299 e. The monoisotopic (exact) mass is 268 g/mol. The van der Waals surface area contributed by atoms with Crippen molar-refractivity contribution in [3.63, 3.8) is 0 Å². The van der Waals surface area contributed by atoms with Crippen LogP contribution in [0.15, 0.2) is 18.2 Å². The van der Waals surface area contributed by atoms with E-state index in [4.69, 9.17) is 11.6 Å². The van der Waals surface area contributed by atoms with E-state index in [0.29, 0.717) is 5.56 Å². The predicted molar refractivity (Wildman–Crippen MR) is 71.2 cm³/mol. The van der Waals surface area contributed by atoms with Gasteiger partial charge < -0.3 is 0 Å². The van der Waals surface area contributed by atoms with Crippen LogP contribution in [-0.4, -0.2) is 5.78 Å². The van der Waals surface area contributed by atoms with E-state index in [9.17, 15) is 9.18 Å². The summed E-state index contributed by atoms with van der Waals surface area (Å²) >= 11 is 5.72. The summed E-state index contributed by atoms with van der Waals surface area (Å²) in [6, 6.07) is 4.80. The smallest absolute Gasteiger partial charge is 0.145 e. The molecule has 0 amide bonds. The summed E-state index contributed by atoms with van der Waals surface area (Å²) in [6.07, 6.45) is 0.129. The summed E-state index contributed by atoms with van der Waals surface area (Å²) < 4.78 is 13.7. The summed E-state index contributed by atoms with van der Waals surface area (Å²) in [5.41, 5.74) is 0.393. The number of ketones is 1. The Balaban J connectivity index is 2.17. The van der Waals surface area contributed by atoms with Crippen LogP contribution in [0.5, 0.6) is 0 Å². The van der Waals surface area contributed by atoms with Crippen LogP contribution in [0.4, 0.5) is 4.39 Å². The number of halogens is 2. The second-order valence-electron chi connectivity index (χ2n) is 6.23. The first-order chi connectivity index (χ1) is 8.19. The van der Waals surface area contributed by atoms with Gasteiger partial charge in [0.05, 0.1) is 5.02 Å². The van der Waals surface area contributed by atoms with Crippen LogP contribution in [-0.2, 0) is 11.2 Å². The summed E-state index contributed by atoms with van der Waals surface area (Å²) in [7, 11) is 0. The Morgan fingerprint density at radius 3 is 2.33 bits per heavy atom. The highest BCUT2D eigenvalue weighted by Gasteiger charge is 2.67. The Labute approximate surface area is 112 Å². The topological polar surface area (TPSA) is 17.1 Å². The van der Waals surface area contributed by atoms with Crippen molar-refractivity contribution in [3.05, 3.63) is 34.6 Å². The number of hydrogen-bond acceptors (Lipinski definition) is 1. The molecule has 0 spiro atoms. The molecule has 1 aromatic carbocycles. The Morgan fingerprint density at radius 1 is 1.28 bits per heavy atom. The molecule has 0 N–H and O–H groups in total. The predicted octanol–water partition coefficient (Wildman–Crippen LogP) is 4.27. The summed E-state index contributed by atoms with van der Waals surface area (Å²) in [6.45, 7) is 8.35. The molecule has 1 nitrogen and oxygen atoms in total. The van der Waals surface area contributed by atoms with Crippen LogP contribution in [0.2, 0.25) is 5.02 Å². The lowest BCUT2D eigenvalue weighted by Gasteiger charge is -2.05. The second kappa shape index (κ2) is 4.06. The van der Waals surface area contributed by atoms with Gasteiger partial charge in [-0.25, -0.2) is 4.39 Å². The summed E-state index contributed by atoms with van der Waals surface area (Å²) in [5.74, 6) is -0.363. The van der Waals surface area contributed by atoms with Crippen molar-refractivity contribution in [2.45, 2.75) is 34.1 Å². The van der Waals surface area contributed by atoms with Crippen molar-refractivity contribution in [2.24, 2.45) is 16.7 Å². The maximum Gasteiger partial charge on any atom is 0.145 e. The Hall–Kier alpha value is -0.890. The molecule has 18 heavy (non-hydrogen) atoms. The van der Waals surface area contributed by atoms with Crippen LogP contribution in [0.25, 0.3) is 0 Å². The molecule has 0 heterocycles. The molecule has 1 aliphatic rings. The molecule has 0 aliphatic heterocycles. The van der Waals surface area contributed by atoms with E-state index in [1.165, 1.54) is 6.07 Å². The summed E-state index contributed by atoms with van der Waals surface area (Å²) in [5, 5.41) is 0.0783. The molecule has 0 aromatic heterocycles. The van der Waals surface area contributed by atoms with Gasteiger partial charge in [0.2, 0.25) is 0 Å². The zero-order valence-corrected chi connectivity index (χ0v) is 11.9. The highest BCUT2D eigenvalue weighted by molar-refractivity contribution is 6.30. The van der Waals surface area contributed by atoms with Crippen molar-refractivity contribution >= 4 is 17.4 Å². The standard InChI is InChI=1S/C15H18ClFO/c1-14(2)13(15(14,3)4)11(18)8-9-6-5-7-10(16)12(9)17/h5-7,13H,8H2,1-4H3. The minimum atomic E-state index is -0.469. The zero-order chi connectivity index (χ0) is 13.7. The SMILES string of the molecule is CC1(C)C(C(=O)Cc2cccc(Cl)c2F)C1(C)C. The van der Waals surface area contributed by atoms with E-state index in [1.54, 1.807) is 12.1 Å². The molecule has 0 saturated heterocycles. The van der Waals surface area contributed by atoms with Crippen LogP contribution in [0, 0.1) is 22.6 Å². The van der Waals surface area contributed by atoms with E-state index in [1.807, 2.05) is 0 Å². The van der Waals surface area contributed by atoms with Gasteiger partial charge in [-0.1, -0.05) is 51.4 Å². The molecule has 3 heteroatoms. The second-order valence-corrected chi connectivity index (χ2v) is 6.64. The molecule has 0 unspecified atom stereocenters. The minimum absolute atomic E-state index is 0.000859. The summed E-state index contributed by atoms with van der Waals surface area (Å²) in [4.78, 5) is 12.3. The lowest BCUT2D eigenvalue weighted by atomic mass is 10.0. The number of carbonyl (C=O) groups excluding carboxylic acids is 1. The van der Waals surface area contributed by atoms with Crippen molar-refractivity contribution in [1.82, 2.24) is 0 Å². The van der Waals surface area contributed by atoms with Gasteiger partial charge in [0.1, 0.15) is 11.6 Å². The normalized spacial score (nSPS) is 20.8. The quantitative estimate of drug-likeness (QED) is 0.800. The molecule has 0 atom stereocenters. The first-order valence-electron chi connectivity index (χ1n) is 6.15. The third-order valence-corrected chi connectivity index (χ3v) is 5.03. The van der Waals surface area contributed by atoms with Crippen molar-refractivity contribution in [1.29, 1.82) is 0 Å². The molecule has 1 aliphatic carbocycles. The van der Waals surface area contributed by atoms with Crippen LogP contribution in [0.1, 0.15) is 33.3 Å².